The fourth-order valence-electron chi connectivity index (χ4n) is 1.73. The first-order chi connectivity index (χ1) is 10.0. The van der Waals surface area contributed by atoms with Crippen LogP contribution in [-0.4, -0.2) is 23.9 Å². The van der Waals surface area contributed by atoms with Crippen LogP contribution in [0.25, 0.3) is 11.4 Å². The summed E-state index contributed by atoms with van der Waals surface area (Å²) < 4.78 is 36.7. The molecular formula is C14H15F2N3O2. The Hall–Kier alpha value is -2.28. The predicted octanol–water partition coefficient (Wildman–Crippen LogP) is 2.44. The van der Waals surface area contributed by atoms with Gasteiger partial charge < -0.3 is 15.0 Å². The Morgan fingerprint density at radius 2 is 2.14 bits per heavy atom. The summed E-state index contributed by atoms with van der Waals surface area (Å²) in [6.07, 6.45) is 0.221. The fraction of sp³-hybridized carbons (Fsp3) is 0.286. The number of ether oxygens (including phenoxy) is 1. The first-order valence-corrected chi connectivity index (χ1v) is 6.22. The Balaban J connectivity index is 2.22. The van der Waals surface area contributed by atoms with Gasteiger partial charge in [0.15, 0.2) is 0 Å². The molecule has 1 heterocycles. The van der Waals surface area contributed by atoms with Crippen LogP contribution in [0.15, 0.2) is 34.0 Å². The van der Waals surface area contributed by atoms with Crippen molar-refractivity contribution in [2.24, 2.45) is 5.73 Å². The van der Waals surface area contributed by atoms with E-state index < -0.39 is 11.6 Å². The number of nitrogens with zero attached hydrogens (tertiary/aromatic N) is 2. The number of rotatable bonds is 5. The molecule has 5 nitrogen and oxygen atoms in total. The van der Waals surface area contributed by atoms with Gasteiger partial charge in [-0.1, -0.05) is 5.16 Å². The molecule has 0 saturated heterocycles. The Morgan fingerprint density at radius 3 is 2.86 bits per heavy atom. The molecule has 0 aliphatic carbocycles. The summed E-state index contributed by atoms with van der Waals surface area (Å²) in [5.74, 6) is -0.989. The van der Waals surface area contributed by atoms with Crippen LogP contribution in [0.2, 0.25) is 0 Å². The minimum Gasteiger partial charge on any atom is -0.402 e. The zero-order valence-electron chi connectivity index (χ0n) is 11.7. The van der Waals surface area contributed by atoms with E-state index >= 15 is 0 Å². The molecule has 0 unspecified atom stereocenters. The first kappa shape index (κ1) is 15.1. The third-order valence-corrected chi connectivity index (χ3v) is 2.89. The van der Waals surface area contributed by atoms with E-state index in [9.17, 15) is 8.78 Å². The lowest BCUT2D eigenvalue weighted by atomic mass is 10.2. The normalized spacial score (nSPS) is 12.4. The molecule has 2 aromatic rings. The second-order valence-corrected chi connectivity index (χ2v) is 4.55. The molecule has 1 aromatic carbocycles. The molecule has 0 atom stereocenters. The summed E-state index contributed by atoms with van der Waals surface area (Å²) in [5.41, 5.74) is 7.20. The van der Waals surface area contributed by atoms with Crippen molar-refractivity contribution in [2.75, 3.05) is 13.7 Å². The van der Waals surface area contributed by atoms with Gasteiger partial charge in [0.1, 0.15) is 11.6 Å². The Labute approximate surface area is 120 Å². The summed E-state index contributed by atoms with van der Waals surface area (Å²) >= 11 is 0. The Kier molecular flexibility index (Phi) is 4.64. The molecule has 0 radical (unpaired) electrons. The molecule has 0 amide bonds. The third-order valence-electron chi connectivity index (χ3n) is 2.89. The number of nitrogens with two attached hydrogens (primary N) is 1. The van der Waals surface area contributed by atoms with Crippen LogP contribution in [0.4, 0.5) is 8.78 Å². The second kappa shape index (κ2) is 6.45. The van der Waals surface area contributed by atoms with Gasteiger partial charge in [0.2, 0.25) is 11.7 Å². The molecule has 0 fully saturated rings. The fourth-order valence-corrected chi connectivity index (χ4v) is 1.73. The van der Waals surface area contributed by atoms with E-state index in [-0.39, 0.29) is 23.7 Å². The van der Waals surface area contributed by atoms with Gasteiger partial charge in [-0.15, -0.1) is 0 Å². The van der Waals surface area contributed by atoms with Crippen molar-refractivity contribution in [3.05, 3.63) is 47.0 Å². The van der Waals surface area contributed by atoms with Crippen molar-refractivity contribution in [3.63, 3.8) is 0 Å². The van der Waals surface area contributed by atoms with Gasteiger partial charge >= 0.3 is 0 Å². The maximum Gasteiger partial charge on any atom is 0.232 e. The van der Waals surface area contributed by atoms with Gasteiger partial charge in [-0.05, 0) is 30.7 Å². The number of aromatic nitrogens is 2. The zero-order chi connectivity index (χ0) is 15.4. The van der Waals surface area contributed by atoms with E-state index in [1.807, 2.05) is 6.92 Å². The lowest BCUT2D eigenvalue weighted by molar-refractivity contribution is 0.224. The van der Waals surface area contributed by atoms with Crippen molar-refractivity contribution in [1.82, 2.24) is 10.1 Å². The van der Waals surface area contributed by atoms with Crippen LogP contribution in [0.1, 0.15) is 12.8 Å². The summed E-state index contributed by atoms with van der Waals surface area (Å²) in [6.45, 7) is 2.22. The number of halogens is 2. The van der Waals surface area contributed by atoms with Crippen LogP contribution in [0.3, 0.4) is 0 Å². The van der Waals surface area contributed by atoms with Gasteiger partial charge in [-0.2, -0.15) is 4.98 Å². The first-order valence-electron chi connectivity index (χ1n) is 6.22. The van der Waals surface area contributed by atoms with Gasteiger partial charge in [0.25, 0.3) is 0 Å². The molecule has 21 heavy (non-hydrogen) atoms. The molecule has 0 aliphatic rings. The summed E-state index contributed by atoms with van der Waals surface area (Å²) in [4.78, 5) is 4.03. The highest BCUT2D eigenvalue weighted by atomic mass is 19.1. The number of methoxy groups -OCH3 is 1. The van der Waals surface area contributed by atoms with Crippen LogP contribution in [0.5, 0.6) is 0 Å². The number of allylic oxidation sites excluding steroid dienone is 1. The Morgan fingerprint density at radius 1 is 1.38 bits per heavy atom. The van der Waals surface area contributed by atoms with Crippen molar-refractivity contribution >= 4 is 0 Å². The molecule has 2 N–H and O–H groups in total. The summed E-state index contributed by atoms with van der Waals surface area (Å²) in [5, 5.41) is 3.64. The number of hydrogen-bond acceptors (Lipinski definition) is 5. The van der Waals surface area contributed by atoms with Crippen molar-refractivity contribution in [2.45, 2.75) is 13.3 Å². The minimum atomic E-state index is -0.622. The van der Waals surface area contributed by atoms with Gasteiger partial charge in [0, 0.05) is 12.8 Å². The topological polar surface area (TPSA) is 74.2 Å². The van der Waals surface area contributed by atoms with E-state index in [0.717, 1.165) is 23.8 Å². The maximum absolute atomic E-state index is 13.6. The van der Waals surface area contributed by atoms with Crippen molar-refractivity contribution < 1.29 is 18.0 Å². The second-order valence-electron chi connectivity index (χ2n) is 4.55. The quantitative estimate of drug-likeness (QED) is 0.917. The molecule has 0 aliphatic heterocycles. The van der Waals surface area contributed by atoms with Crippen molar-refractivity contribution in [3.8, 4) is 11.4 Å². The maximum atomic E-state index is 13.6. The van der Waals surface area contributed by atoms with Gasteiger partial charge in [0.05, 0.1) is 18.6 Å². The van der Waals surface area contributed by atoms with E-state index in [0.29, 0.717) is 12.3 Å². The summed E-state index contributed by atoms with van der Waals surface area (Å²) in [7, 11) is 1.56. The molecule has 112 valence electrons. The zero-order valence-corrected chi connectivity index (χ0v) is 11.7. The number of hydrogen-bond donors (Lipinski definition) is 1. The van der Waals surface area contributed by atoms with Crippen LogP contribution >= 0.6 is 0 Å². The average Bonchev–Trinajstić information content (AvgIpc) is 2.90. The third kappa shape index (κ3) is 3.63. The largest absolute Gasteiger partial charge is 0.402 e. The predicted molar refractivity (Wildman–Crippen MR) is 72.1 cm³/mol. The molecule has 7 heteroatoms. The summed E-state index contributed by atoms with van der Waals surface area (Å²) in [6, 6.07) is 3.05. The SMILES string of the molecule is COC/C(C)=C(/N)Cc1nc(-c2cc(F)ccc2F)no1. The lowest BCUT2D eigenvalue weighted by Crippen LogP contribution is -2.08. The molecule has 0 saturated carbocycles. The minimum absolute atomic E-state index is 0.0146. The average molecular weight is 295 g/mol. The van der Waals surface area contributed by atoms with Crippen LogP contribution < -0.4 is 5.73 Å². The molecule has 0 spiro atoms. The highest BCUT2D eigenvalue weighted by Crippen LogP contribution is 2.21. The van der Waals surface area contributed by atoms with E-state index in [4.69, 9.17) is 15.0 Å². The smallest absolute Gasteiger partial charge is 0.232 e. The standard InChI is InChI=1S/C14H15F2N3O2/c1-8(7-20-2)12(17)6-13-18-14(19-21-13)10-5-9(15)3-4-11(10)16/h3-5H,6-7,17H2,1-2H3/b12-8+. The van der Waals surface area contributed by atoms with Gasteiger partial charge in [-0.3, -0.25) is 0 Å². The lowest BCUT2D eigenvalue weighted by Gasteiger charge is -2.03. The van der Waals surface area contributed by atoms with Crippen molar-refractivity contribution in [1.29, 1.82) is 0 Å². The molecule has 2 rings (SSSR count). The highest BCUT2D eigenvalue weighted by molar-refractivity contribution is 5.55. The number of benzene rings is 1. The van der Waals surface area contributed by atoms with Crippen LogP contribution in [-0.2, 0) is 11.2 Å². The highest BCUT2D eigenvalue weighted by Gasteiger charge is 2.14. The Bertz CT molecular complexity index is 668. The van der Waals surface area contributed by atoms with E-state index in [2.05, 4.69) is 10.1 Å². The molecule has 1 aromatic heterocycles. The molecule has 0 bridgehead atoms. The van der Waals surface area contributed by atoms with Crippen LogP contribution in [0, 0.1) is 11.6 Å². The monoisotopic (exact) mass is 295 g/mol. The molecular weight excluding hydrogens is 280 g/mol. The van der Waals surface area contributed by atoms with Gasteiger partial charge in [-0.25, -0.2) is 8.78 Å². The van der Waals surface area contributed by atoms with E-state index in [1.54, 1.807) is 7.11 Å². The van der Waals surface area contributed by atoms with E-state index in [1.165, 1.54) is 0 Å².